The van der Waals surface area contributed by atoms with Gasteiger partial charge in [-0.3, -0.25) is 9.69 Å². The molecular weight excluding hydrogens is 304 g/mol. The second-order valence-corrected chi connectivity index (χ2v) is 6.78. The molecule has 0 spiro atoms. The third-order valence-electron chi connectivity index (χ3n) is 4.80. The summed E-state index contributed by atoms with van der Waals surface area (Å²) in [6, 6.07) is 8.08. The van der Waals surface area contributed by atoms with E-state index in [1.54, 1.807) is 0 Å². The summed E-state index contributed by atoms with van der Waals surface area (Å²) in [5.74, 6) is 0.0765. The number of benzene rings is 1. The van der Waals surface area contributed by atoms with E-state index < -0.39 is 0 Å². The molecule has 1 N–H and O–H groups in total. The van der Waals surface area contributed by atoms with Gasteiger partial charge >= 0.3 is 0 Å². The van der Waals surface area contributed by atoms with Crippen LogP contribution >= 0.6 is 0 Å². The first-order valence-corrected chi connectivity index (χ1v) is 9.04. The van der Waals surface area contributed by atoms with Crippen molar-refractivity contribution in [3.63, 3.8) is 0 Å². The van der Waals surface area contributed by atoms with Crippen molar-refractivity contribution < 1.29 is 14.3 Å². The minimum atomic E-state index is 0.0765. The van der Waals surface area contributed by atoms with Crippen LogP contribution in [0, 0.1) is 0 Å². The molecule has 0 bridgehead atoms. The molecule has 2 fully saturated rings. The standard InChI is InChI=1S/C19H28N2O3/c1-15-6-7-17(24-15)8-9-19(22)20-18-5-3-2-4-16(18)14-21-10-12-23-13-11-21/h2-5,15,17H,6-14H2,1H3,(H,20,22)/t15-,17-/m1/s1. The van der Waals surface area contributed by atoms with E-state index in [0.29, 0.717) is 12.5 Å². The fourth-order valence-corrected chi connectivity index (χ4v) is 3.38. The van der Waals surface area contributed by atoms with Gasteiger partial charge in [-0.1, -0.05) is 18.2 Å². The quantitative estimate of drug-likeness (QED) is 0.870. The van der Waals surface area contributed by atoms with E-state index in [-0.39, 0.29) is 12.0 Å². The SMILES string of the molecule is C[C@@H]1CC[C@H](CCC(=O)Nc2ccccc2CN2CCOCC2)O1. The van der Waals surface area contributed by atoms with Crippen molar-refractivity contribution in [2.75, 3.05) is 31.6 Å². The fraction of sp³-hybridized carbons (Fsp3) is 0.632. The number of morpholine rings is 1. The van der Waals surface area contributed by atoms with Crippen molar-refractivity contribution in [1.29, 1.82) is 0 Å². The Labute approximate surface area is 144 Å². The summed E-state index contributed by atoms with van der Waals surface area (Å²) in [5, 5.41) is 3.08. The molecule has 0 aromatic heterocycles. The third-order valence-corrected chi connectivity index (χ3v) is 4.80. The van der Waals surface area contributed by atoms with E-state index in [2.05, 4.69) is 23.2 Å². The molecule has 3 rings (SSSR count). The molecule has 2 aliphatic rings. The van der Waals surface area contributed by atoms with Crippen molar-refractivity contribution in [2.45, 2.75) is 51.4 Å². The number of carbonyl (C=O) groups is 1. The average Bonchev–Trinajstić information content (AvgIpc) is 3.01. The molecule has 2 heterocycles. The van der Waals surface area contributed by atoms with Crippen LogP contribution < -0.4 is 5.32 Å². The predicted molar refractivity (Wildman–Crippen MR) is 94.0 cm³/mol. The summed E-state index contributed by atoms with van der Waals surface area (Å²) in [4.78, 5) is 14.7. The smallest absolute Gasteiger partial charge is 0.224 e. The van der Waals surface area contributed by atoms with Crippen LogP contribution in [-0.2, 0) is 20.8 Å². The van der Waals surface area contributed by atoms with Crippen molar-refractivity contribution >= 4 is 11.6 Å². The van der Waals surface area contributed by atoms with Crippen LogP contribution in [-0.4, -0.2) is 49.3 Å². The lowest BCUT2D eigenvalue weighted by atomic mass is 10.1. The van der Waals surface area contributed by atoms with Gasteiger partial charge in [0.2, 0.25) is 5.91 Å². The maximum Gasteiger partial charge on any atom is 0.224 e. The van der Waals surface area contributed by atoms with E-state index in [1.165, 1.54) is 5.56 Å². The second-order valence-electron chi connectivity index (χ2n) is 6.78. The zero-order valence-electron chi connectivity index (χ0n) is 14.5. The van der Waals surface area contributed by atoms with E-state index in [0.717, 1.165) is 57.8 Å². The van der Waals surface area contributed by atoms with E-state index >= 15 is 0 Å². The Kier molecular flexibility index (Phi) is 6.24. The summed E-state index contributed by atoms with van der Waals surface area (Å²) in [5.41, 5.74) is 2.09. The van der Waals surface area contributed by atoms with E-state index in [1.807, 2.05) is 18.2 Å². The van der Waals surface area contributed by atoms with Gasteiger partial charge in [0.25, 0.3) is 0 Å². The Bertz CT molecular complexity index is 543. The zero-order valence-corrected chi connectivity index (χ0v) is 14.5. The molecule has 0 saturated carbocycles. The minimum Gasteiger partial charge on any atom is -0.379 e. The van der Waals surface area contributed by atoms with Crippen molar-refractivity contribution in [2.24, 2.45) is 0 Å². The average molecular weight is 332 g/mol. The first kappa shape index (κ1) is 17.4. The first-order valence-electron chi connectivity index (χ1n) is 9.04. The molecule has 2 atom stereocenters. The summed E-state index contributed by atoms with van der Waals surface area (Å²) in [6.45, 7) is 6.41. The van der Waals surface area contributed by atoms with Gasteiger partial charge in [0, 0.05) is 31.7 Å². The third kappa shape index (κ3) is 5.03. The monoisotopic (exact) mass is 332 g/mol. The normalized spacial score (nSPS) is 24.9. The summed E-state index contributed by atoms with van der Waals surface area (Å²) >= 11 is 0. The van der Waals surface area contributed by atoms with Crippen LogP contribution in [0.2, 0.25) is 0 Å². The lowest BCUT2D eigenvalue weighted by Crippen LogP contribution is -2.35. The van der Waals surface area contributed by atoms with E-state index in [9.17, 15) is 4.79 Å². The molecule has 1 aromatic carbocycles. The van der Waals surface area contributed by atoms with Crippen LogP contribution in [0.25, 0.3) is 0 Å². The number of carbonyl (C=O) groups excluding carboxylic acids is 1. The molecular formula is C19H28N2O3. The van der Waals surface area contributed by atoms with Crippen molar-refractivity contribution in [3.05, 3.63) is 29.8 Å². The first-order chi connectivity index (χ1) is 11.7. The minimum absolute atomic E-state index is 0.0765. The number of amides is 1. The summed E-state index contributed by atoms with van der Waals surface area (Å²) in [6.07, 6.45) is 4.09. The number of rotatable bonds is 6. The Balaban J connectivity index is 1.51. The zero-order chi connectivity index (χ0) is 16.8. The van der Waals surface area contributed by atoms with Crippen LogP contribution in [0.3, 0.4) is 0 Å². The van der Waals surface area contributed by atoms with Crippen LogP contribution in [0.1, 0.15) is 38.2 Å². The van der Waals surface area contributed by atoms with Gasteiger partial charge in [-0.05, 0) is 37.8 Å². The van der Waals surface area contributed by atoms with Gasteiger partial charge < -0.3 is 14.8 Å². The number of nitrogens with zero attached hydrogens (tertiary/aromatic N) is 1. The Morgan fingerprint density at radius 2 is 2.04 bits per heavy atom. The molecule has 132 valence electrons. The molecule has 0 aliphatic carbocycles. The topological polar surface area (TPSA) is 50.8 Å². The Hall–Kier alpha value is -1.43. The summed E-state index contributed by atoms with van der Waals surface area (Å²) in [7, 11) is 0. The number of para-hydroxylation sites is 1. The molecule has 0 unspecified atom stereocenters. The largest absolute Gasteiger partial charge is 0.379 e. The van der Waals surface area contributed by atoms with Gasteiger partial charge in [0.1, 0.15) is 0 Å². The summed E-state index contributed by atoms with van der Waals surface area (Å²) < 4.78 is 11.2. The van der Waals surface area contributed by atoms with Crippen LogP contribution in [0.4, 0.5) is 5.69 Å². The molecule has 1 amide bonds. The number of ether oxygens (including phenoxy) is 2. The molecule has 2 aliphatic heterocycles. The molecule has 5 heteroatoms. The van der Waals surface area contributed by atoms with Crippen LogP contribution in [0.15, 0.2) is 24.3 Å². The molecule has 0 radical (unpaired) electrons. The Morgan fingerprint density at radius 3 is 2.79 bits per heavy atom. The highest BCUT2D eigenvalue weighted by molar-refractivity contribution is 5.91. The maximum atomic E-state index is 12.3. The molecule has 5 nitrogen and oxygen atoms in total. The van der Waals surface area contributed by atoms with Gasteiger partial charge in [-0.15, -0.1) is 0 Å². The number of anilines is 1. The second kappa shape index (κ2) is 8.60. The number of hydrogen-bond donors (Lipinski definition) is 1. The lowest BCUT2D eigenvalue weighted by molar-refractivity contribution is -0.116. The van der Waals surface area contributed by atoms with Gasteiger partial charge in [-0.25, -0.2) is 0 Å². The highest BCUT2D eigenvalue weighted by Gasteiger charge is 2.22. The van der Waals surface area contributed by atoms with Gasteiger partial charge in [0.05, 0.1) is 25.4 Å². The van der Waals surface area contributed by atoms with Crippen molar-refractivity contribution in [1.82, 2.24) is 4.90 Å². The number of hydrogen-bond acceptors (Lipinski definition) is 4. The van der Waals surface area contributed by atoms with Crippen molar-refractivity contribution in [3.8, 4) is 0 Å². The highest BCUT2D eigenvalue weighted by atomic mass is 16.5. The molecule has 1 aromatic rings. The van der Waals surface area contributed by atoms with Gasteiger partial charge in [-0.2, -0.15) is 0 Å². The maximum absolute atomic E-state index is 12.3. The predicted octanol–water partition coefficient (Wildman–Crippen LogP) is 2.81. The van der Waals surface area contributed by atoms with E-state index in [4.69, 9.17) is 9.47 Å². The lowest BCUT2D eigenvalue weighted by Gasteiger charge is -2.27. The molecule has 2 saturated heterocycles. The Morgan fingerprint density at radius 1 is 1.25 bits per heavy atom. The molecule has 24 heavy (non-hydrogen) atoms. The van der Waals surface area contributed by atoms with Crippen LogP contribution in [0.5, 0.6) is 0 Å². The number of nitrogens with one attached hydrogen (secondary N) is 1. The fourth-order valence-electron chi connectivity index (χ4n) is 3.38. The van der Waals surface area contributed by atoms with Gasteiger partial charge in [0.15, 0.2) is 0 Å². The highest BCUT2D eigenvalue weighted by Crippen LogP contribution is 2.23.